The molecule has 0 aliphatic heterocycles. The van der Waals surface area contributed by atoms with E-state index in [0.717, 1.165) is 39.3 Å². The number of imidazole rings is 1. The summed E-state index contributed by atoms with van der Waals surface area (Å²) >= 11 is 0. The third-order valence-corrected chi connectivity index (χ3v) is 4.81. The number of carbonyl (C=O) groups is 1. The first-order chi connectivity index (χ1) is 14.0. The highest BCUT2D eigenvalue weighted by molar-refractivity contribution is 6.06. The Morgan fingerprint density at radius 3 is 2.72 bits per heavy atom. The number of hydrogen-bond acceptors (Lipinski definition) is 3. The second kappa shape index (κ2) is 7.75. The van der Waals surface area contributed by atoms with Crippen molar-refractivity contribution in [3.05, 3.63) is 89.1 Å². The van der Waals surface area contributed by atoms with E-state index in [1.54, 1.807) is 12.5 Å². The quantitative estimate of drug-likeness (QED) is 0.531. The molecule has 0 atom stereocenters. The fourth-order valence-electron chi connectivity index (χ4n) is 3.48. The Kier molecular flexibility index (Phi) is 4.99. The van der Waals surface area contributed by atoms with Gasteiger partial charge in [-0.05, 0) is 56.2 Å². The predicted molar refractivity (Wildman–Crippen MR) is 114 cm³/mol. The molecule has 146 valence electrons. The summed E-state index contributed by atoms with van der Waals surface area (Å²) in [4.78, 5) is 17.1. The van der Waals surface area contributed by atoms with E-state index < -0.39 is 0 Å². The van der Waals surface area contributed by atoms with Gasteiger partial charge in [-0.15, -0.1) is 0 Å². The Labute approximate surface area is 169 Å². The maximum atomic E-state index is 13.0. The predicted octanol–water partition coefficient (Wildman–Crippen LogP) is 4.50. The van der Waals surface area contributed by atoms with Gasteiger partial charge in [-0.2, -0.15) is 5.10 Å². The van der Waals surface area contributed by atoms with Crippen molar-refractivity contribution < 1.29 is 4.79 Å². The minimum Gasteiger partial charge on any atom is -0.333 e. The Morgan fingerprint density at radius 1 is 1.14 bits per heavy atom. The van der Waals surface area contributed by atoms with Crippen LogP contribution in [0.1, 0.15) is 32.7 Å². The number of rotatable bonds is 5. The van der Waals surface area contributed by atoms with Crippen molar-refractivity contribution in [2.75, 3.05) is 5.32 Å². The fourth-order valence-corrected chi connectivity index (χ4v) is 3.48. The lowest BCUT2D eigenvalue weighted by molar-refractivity contribution is 0.102. The van der Waals surface area contributed by atoms with Crippen LogP contribution in [0.2, 0.25) is 0 Å². The molecule has 0 saturated heterocycles. The van der Waals surface area contributed by atoms with Crippen molar-refractivity contribution >= 4 is 11.6 Å². The molecule has 0 aliphatic rings. The zero-order valence-electron chi connectivity index (χ0n) is 16.7. The van der Waals surface area contributed by atoms with E-state index >= 15 is 0 Å². The van der Waals surface area contributed by atoms with Gasteiger partial charge in [0, 0.05) is 35.8 Å². The zero-order valence-corrected chi connectivity index (χ0v) is 16.7. The van der Waals surface area contributed by atoms with Gasteiger partial charge in [0.05, 0.1) is 17.7 Å². The van der Waals surface area contributed by atoms with Gasteiger partial charge in [-0.3, -0.25) is 9.89 Å². The largest absolute Gasteiger partial charge is 0.333 e. The van der Waals surface area contributed by atoms with Crippen LogP contribution in [0, 0.1) is 20.8 Å². The van der Waals surface area contributed by atoms with Gasteiger partial charge in [0.1, 0.15) is 0 Å². The lowest BCUT2D eigenvalue weighted by atomic mass is 10.0. The topological polar surface area (TPSA) is 75.6 Å². The number of nitrogens with one attached hydrogen (secondary N) is 2. The number of nitrogens with zero attached hydrogens (tertiary/aromatic N) is 3. The summed E-state index contributed by atoms with van der Waals surface area (Å²) in [6, 6.07) is 13.7. The van der Waals surface area contributed by atoms with Gasteiger partial charge in [0.15, 0.2) is 0 Å². The maximum absolute atomic E-state index is 13.0. The van der Waals surface area contributed by atoms with E-state index in [4.69, 9.17) is 0 Å². The Bertz CT molecular complexity index is 1160. The molecule has 0 spiro atoms. The SMILES string of the molecule is Cc1cc(C)c(NC(=O)c2cccc(Cn3ccnc3)c2)c(-c2cc(C)[nH]n2)c1. The molecule has 0 unspecified atom stereocenters. The van der Waals surface area contributed by atoms with Crippen LogP contribution in [0.3, 0.4) is 0 Å². The average Bonchev–Trinajstić information content (AvgIpc) is 3.35. The van der Waals surface area contributed by atoms with E-state index in [0.29, 0.717) is 12.1 Å². The molecule has 4 rings (SSSR count). The van der Waals surface area contributed by atoms with Crippen LogP contribution < -0.4 is 5.32 Å². The van der Waals surface area contributed by atoms with Crippen LogP contribution in [-0.4, -0.2) is 25.7 Å². The molecule has 6 nitrogen and oxygen atoms in total. The van der Waals surface area contributed by atoms with Crippen LogP contribution in [-0.2, 0) is 6.54 Å². The van der Waals surface area contributed by atoms with Gasteiger partial charge in [0.2, 0.25) is 0 Å². The molecule has 4 aromatic rings. The van der Waals surface area contributed by atoms with Gasteiger partial charge >= 0.3 is 0 Å². The number of aromatic amines is 1. The second-order valence-electron chi connectivity index (χ2n) is 7.33. The number of H-pyrrole nitrogens is 1. The molecule has 1 amide bonds. The molecular weight excluding hydrogens is 362 g/mol. The van der Waals surface area contributed by atoms with Crippen molar-refractivity contribution in [3.63, 3.8) is 0 Å². The van der Waals surface area contributed by atoms with Crippen molar-refractivity contribution in [1.29, 1.82) is 0 Å². The molecule has 2 aromatic heterocycles. The highest BCUT2D eigenvalue weighted by Gasteiger charge is 2.15. The summed E-state index contributed by atoms with van der Waals surface area (Å²) in [6.07, 6.45) is 5.41. The highest BCUT2D eigenvalue weighted by atomic mass is 16.1. The van der Waals surface area contributed by atoms with Crippen LogP contribution in [0.25, 0.3) is 11.3 Å². The number of anilines is 1. The van der Waals surface area contributed by atoms with Crippen molar-refractivity contribution in [2.45, 2.75) is 27.3 Å². The maximum Gasteiger partial charge on any atom is 0.255 e. The third kappa shape index (κ3) is 4.11. The summed E-state index contributed by atoms with van der Waals surface area (Å²) in [5.41, 5.74) is 7.28. The monoisotopic (exact) mass is 385 g/mol. The fraction of sp³-hybridized carbons (Fsp3) is 0.174. The van der Waals surface area contributed by atoms with E-state index in [2.05, 4.69) is 26.6 Å². The molecule has 2 aromatic carbocycles. The van der Waals surface area contributed by atoms with Gasteiger partial charge in [-0.1, -0.05) is 23.8 Å². The lowest BCUT2D eigenvalue weighted by Crippen LogP contribution is -2.14. The summed E-state index contributed by atoms with van der Waals surface area (Å²) in [6.45, 7) is 6.67. The number of carbonyl (C=O) groups excluding carboxylic acids is 1. The summed E-state index contributed by atoms with van der Waals surface area (Å²) in [5.74, 6) is -0.141. The zero-order chi connectivity index (χ0) is 20.4. The van der Waals surface area contributed by atoms with Crippen molar-refractivity contribution in [2.24, 2.45) is 0 Å². The molecule has 0 fully saturated rings. The van der Waals surface area contributed by atoms with Crippen LogP contribution in [0.5, 0.6) is 0 Å². The van der Waals surface area contributed by atoms with E-state index in [9.17, 15) is 4.79 Å². The first kappa shape index (κ1) is 18.7. The van der Waals surface area contributed by atoms with Gasteiger partial charge in [0.25, 0.3) is 5.91 Å². The third-order valence-electron chi connectivity index (χ3n) is 4.81. The first-order valence-electron chi connectivity index (χ1n) is 9.49. The van der Waals surface area contributed by atoms with Crippen LogP contribution in [0.15, 0.2) is 61.2 Å². The normalized spacial score (nSPS) is 10.9. The van der Waals surface area contributed by atoms with Crippen LogP contribution >= 0.6 is 0 Å². The molecule has 29 heavy (non-hydrogen) atoms. The molecular formula is C23H23N5O. The second-order valence-corrected chi connectivity index (χ2v) is 7.33. The summed E-state index contributed by atoms with van der Waals surface area (Å²) in [7, 11) is 0. The highest BCUT2D eigenvalue weighted by Crippen LogP contribution is 2.32. The number of benzene rings is 2. The average molecular weight is 385 g/mol. The van der Waals surface area contributed by atoms with E-state index in [-0.39, 0.29) is 5.91 Å². The molecule has 0 saturated carbocycles. The number of hydrogen-bond donors (Lipinski definition) is 2. The Balaban J connectivity index is 1.63. The summed E-state index contributed by atoms with van der Waals surface area (Å²) < 4.78 is 1.97. The molecule has 0 radical (unpaired) electrons. The number of aromatic nitrogens is 4. The van der Waals surface area contributed by atoms with Crippen LogP contribution in [0.4, 0.5) is 5.69 Å². The van der Waals surface area contributed by atoms with E-state index in [1.807, 2.05) is 67.9 Å². The van der Waals surface area contributed by atoms with Gasteiger partial charge in [-0.25, -0.2) is 4.98 Å². The minimum atomic E-state index is -0.141. The number of aryl methyl sites for hydroxylation is 3. The molecule has 2 N–H and O–H groups in total. The first-order valence-corrected chi connectivity index (χ1v) is 9.49. The number of amides is 1. The van der Waals surface area contributed by atoms with Gasteiger partial charge < -0.3 is 9.88 Å². The minimum absolute atomic E-state index is 0.141. The molecule has 2 heterocycles. The van der Waals surface area contributed by atoms with E-state index in [1.165, 1.54) is 0 Å². The lowest BCUT2D eigenvalue weighted by Gasteiger charge is -2.15. The Morgan fingerprint density at radius 2 is 2.00 bits per heavy atom. The van der Waals surface area contributed by atoms with Crippen molar-refractivity contribution in [3.8, 4) is 11.3 Å². The molecule has 6 heteroatoms. The van der Waals surface area contributed by atoms with Crippen molar-refractivity contribution in [1.82, 2.24) is 19.7 Å². The Hall–Kier alpha value is -3.67. The molecule has 0 aliphatic carbocycles. The smallest absolute Gasteiger partial charge is 0.255 e. The molecule has 0 bridgehead atoms. The summed E-state index contributed by atoms with van der Waals surface area (Å²) in [5, 5.41) is 10.5. The standard InChI is InChI=1S/C23H23N5O/c1-15-9-16(2)22(20(10-15)21-11-17(3)26-27-21)25-23(29)19-6-4-5-18(12-19)13-28-8-7-24-14-28/h4-12,14H,13H2,1-3H3,(H,25,29)(H,26,27).